The van der Waals surface area contributed by atoms with Gasteiger partial charge in [0, 0.05) is 17.8 Å². The van der Waals surface area contributed by atoms with Crippen LogP contribution >= 0.6 is 0 Å². The van der Waals surface area contributed by atoms with Crippen LogP contribution in [0.4, 0.5) is 5.69 Å². The summed E-state index contributed by atoms with van der Waals surface area (Å²) in [5, 5.41) is 9.84. The van der Waals surface area contributed by atoms with Gasteiger partial charge in [0.1, 0.15) is 11.5 Å². The van der Waals surface area contributed by atoms with Crippen molar-refractivity contribution in [2.45, 2.75) is 19.8 Å². The molecular weight excluding hydrogens is 250 g/mol. The van der Waals surface area contributed by atoms with E-state index in [0.717, 1.165) is 18.5 Å². The van der Waals surface area contributed by atoms with Gasteiger partial charge in [0.15, 0.2) is 0 Å². The lowest BCUT2D eigenvalue weighted by Crippen LogP contribution is -1.86. The van der Waals surface area contributed by atoms with Gasteiger partial charge in [0.05, 0.1) is 12.8 Å². The topological polar surface area (TPSA) is 41.8 Å². The highest BCUT2D eigenvalue weighted by atomic mass is 16.5. The fraction of sp³-hybridized carbons (Fsp3) is 0.235. The van der Waals surface area contributed by atoms with Crippen LogP contribution in [0.3, 0.4) is 0 Å². The second-order valence-electron chi connectivity index (χ2n) is 4.60. The molecule has 2 rings (SSSR count). The van der Waals surface area contributed by atoms with Gasteiger partial charge in [-0.25, -0.2) is 0 Å². The number of rotatable bonds is 5. The summed E-state index contributed by atoms with van der Waals surface area (Å²) in [5.74, 6) is 0.791. The van der Waals surface area contributed by atoms with Crippen LogP contribution < -0.4 is 4.74 Å². The molecule has 0 amide bonds. The van der Waals surface area contributed by atoms with Crippen LogP contribution in [-0.2, 0) is 6.42 Å². The number of ether oxygens (including phenoxy) is 1. The molecule has 2 aromatic rings. The standard InChI is InChI=1S/C17H19NO2/c1-3-4-13-5-8-15(9-6-13)18-12-14-7-10-16(20-2)11-17(14)19/h5-12,19H,3-4H2,1-2H3. The first kappa shape index (κ1) is 14.1. The molecule has 0 saturated heterocycles. The van der Waals surface area contributed by atoms with Crippen molar-refractivity contribution < 1.29 is 9.84 Å². The number of aryl methyl sites for hydroxylation is 1. The first-order valence-corrected chi connectivity index (χ1v) is 6.73. The first-order chi connectivity index (χ1) is 9.72. The molecule has 1 N–H and O–H groups in total. The third kappa shape index (κ3) is 3.60. The third-order valence-corrected chi connectivity index (χ3v) is 3.07. The average molecular weight is 269 g/mol. The second kappa shape index (κ2) is 6.75. The van der Waals surface area contributed by atoms with E-state index in [1.54, 1.807) is 31.5 Å². The molecule has 0 atom stereocenters. The molecule has 0 aliphatic carbocycles. The first-order valence-electron chi connectivity index (χ1n) is 6.73. The normalized spacial score (nSPS) is 10.9. The smallest absolute Gasteiger partial charge is 0.128 e. The Morgan fingerprint density at radius 3 is 2.50 bits per heavy atom. The van der Waals surface area contributed by atoms with E-state index >= 15 is 0 Å². The lowest BCUT2D eigenvalue weighted by atomic mass is 10.1. The molecule has 0 spiro atoms. The summed E-state index contributed by atoms with van der Waals surface area (Å²) in [7, 11) is 1.57. The van der Waals surface area contributed by atoms with Crippen molar-refractivity contribution in [3.05, 3.63) is 53.6 Å². The Morgan fingerprint density at radius 2 is 1.90 bits per heavy atom. The van der Waals surface area contributed by atoms with Crippen molar-refractivity contribution >= 4 is 11.9 Å². The largest absolute Gasteiger partial charge is 0.507 e. The van der Waals surface area contributed by atoms with Gasteiger partial charge in [-0.1, -0.05) is 25.5 Å². The van der Waals surface area contributed by atoms with Crippen molar-refractivity contribution in [3.63, 3.8) is 0 Å². The Morgan fingerprint density at radius 1 is 1.15 bits per heavy atom. The predicted molar refractivity (Wildman–Crippen MR) is 82.3 cm³/mol. The van der Waals surface area contributed by atoms with Gasteiger partial charge < -0.3 is 9.84 Å². The van der Waals surface area contributed by atoms with Gasteiger partial charge in [-0.15, -0.1) is 0 Å². The molecule has 3 nitrogen and oxygen atoms in total. The van der Waals surface area contributed by atoms with Crippen LogP contribution in [0.5, 0.6) is 11.5 Å². The van der Waals surface area contributed by atoms with Gasteiger partial charge in [-0.3, -0.25) is 4.99 Å². The zero-order valence-corrected chi connectivity index (χ0v) is 11.8. The maximum Gasteiger partial charge on any atom is 0.128 e. The third-order valence-electron chi connectivity index (χ3n) is 3.07. The van der Waals surface area contributed by atoms with E-state index in [2.05, 4.69) is 24.0 Å². The minimum absolute atomic E-state index is 0.163. The van der Waals surface area contributed by atoms with Crippen molar-refractivity contribution in [2.75, 3.05) is 7.11 Å². The monoisotopic (exact) mass is 269 g/mol. The summed E-state index contributed by atoms with van der Waals surface area (Å²) >= 11 is 0. The Hall–Kier alpha value is -2.29. The molecule has 0 aliphatic heterocycles. The number of phenols is 1. The van der Waals surface area contributed by atoms with Crippen molar-refractivity contribution in [1.29, 1.82) is 0 Å². The number of benzene rings is 2. The summed E-state index contributed by atoms with van der Waals surface area (Å²) in [4.78, 5) is 4.37. The lowest BCUT2D eigenvalue weighted by Gasteiger charge is -2.03. The Labute approximate surface area is 119 Å². The zero-order valence-electron chi connectivity index (χ0n) is 11.8. The lowest BCUT2D eigenvalue weighted by molar-refractivity contribution is 0.407. The maximum atomic E-state index is 9.84. The molecule has 20 heavy (non-hydrogen) atoms. The molecular formula is C17H19NO2. The molecule has 0 heterocycles. The van der Waals surface area contributed by atoms with E-state index in [1.807, 2.05) is 12.1 Å². The Kier molecular flexibility index (Phi) is 4.77. The van der Waals surface area contributed by atoms with Crippen LogP contribution in [0.25, 0.3) is 0 Å². The molecule has 0 radical (unpaired) electrons. The summed E-state index contributed by atoms with van der Waals surface area (Å²) < 4.78 is 5.04. The van der Waals surface area contributed by atoms with Crippen LogP contribution in [0, 0.1) is 0 Å². The minimum atomic E-state index is 0.163. The molecule has 0 aromatic heterocycles. The molecule has 0 bridgehead atoms. The van der Waals surface area contributed by atoms with E-state index < -0.39 is 0 Å². The van der Waals surface area contributed by atoms with Crippen molar-refractivity contribution in [3.8, 4) is 11.5 Å². The van der Waals surface area contributed by atoms with Gasteiger partial charge in [-0.2, -0.15) is 0 Å². The van der Waals surface area contributed by atoms with Crippen molar-refractivity contribution in [1.82, 2.24) is 0 Å². The molecule has 0 fully saturated rings. The van der Waals surface area contributed by atoms with Crippen molar-refractivity contribution in [2.24, 2.45) is 4.99 Å². The van der Waals surface area contributed by atoms with E-state index in [4.69, 9.17) is 4.74 Å². The Bertz CT molecular complexity index is 588. The maximum absolute atomic E-state index is 9.84. The van der Waals surface area contributed by atoms with E-state index in [-0.39, 0.29) is 5.75 Å². The van der Waals surface area contributed by atoms with E-state index in [9.17, 15) is 5.11 Å². The van der Waals surface area contributed by atoms with E-state index in [0.29, 0.717) is 11.3 Å². The highest BCUT2D eigenvalue weighted by Gasteiger charge is 2.00. The fourth-order valence-corrected chi connectivity index (χ4v) is 1.94. The Balaban J connectivity index is 2.12. The number of methoxy groups -OCH3 is 1. The average Bonchev–Trinajstić information content (AvgIpc) is 2.48. The molecule has 0 unspecified atom stereocenters. The highest BCUT2D eigenvalue weighted by molar-refractivity contribution is 5.85. The van der Waals surface area contributed by atoms with Gasteiger partial charge in [-0.05, 0) is 36.2 Å². The number of aromatic hydroxyl groups is 1. The van der Waals surface area contributed by atoms with Gasteiger partial charge in [0.2, 0.25) is 0 Å². The highest BCUT2D eigenvalue weighted by Crippen LogP contribution is 2.23. The van der Waals surface area contributed by atoms with Crippen LogP contribution in [-0.4, -0.2) is 18.4 Å². The number of hydrogen-bond donors (Lipinski definition) is 1. The summed E-state index contributed by atoms with van der Waals surface area (Å²) in [6.45, 7) is 2.17. The van der Waals surface area contributed by atoms with Crippen LogP contribution in [0.2, 0.25) is 0 Å². The van der Waals surface area contributed by atoms with Gasteiger partial charge in [0.25, 0.3) is 0 Å². The summed E-state index contributed by atoms with van der Waals surface area (Å²) in [6, 6.07) is 13.3. The SMILES string of the molecule is CCCc1ccc(N=Cc2ccc(OC)cc2O)cc1. The second-order valence-corrected chi connectivity index (χ2v) is 4.60. The number of hydrogen-bond acceptors (Lipinski definition) is 3. The van der Waals surface area contributed by atoms with Gasteiger partial charge >= 0.3 is 0 Å². The fourth-order valence-electron chi connectivity index (χ4n) is 1.94. The number of nitrogens with zero attached hydrogens (tertiary/aromatic N) is 1. The molecule has 0 saturated carbocycles. The molecule has 2 aromatic carbocycles. The molecule has 0 aliphatic rings. The summed E-state index contributed by atoms with van der Waals surface area (Å²) in [5.41, 5.74) is 2.86. The zero-order chi connectivity index (χ0) is 14.4. The quantitative estimate of drug-likeness (QED) is 0.830. The minimum Gasteiger partial charge on any atom is -0.507 e. The molecule has 3 heteroatoms. The summed E-state index contributed by atoms with van der Waals surface area (Å²) in [6.07, 6.45) is 3.88. The predicted octanol–water partition coefficient (Wildman–Crippen LogP) is 4.10. The number of aliphatic imine (C=N–C) groups is 1. The number of phenolic OH excluding ortho intramolecular Hbond substituents is 1. The molecule has 104 valence electrons. The van der Waals surface area contributed by atoms with Crippen LogP contribution in [0.15, 0.2) is 47.5 Å². The van der Waals surface area contributed by atoms with E-state index in [1.165, 1.54) is 5.56 Å². The van der Waals surface area contributed by atoms with Crippen LogP contribution in [0.1, 0.15) is 24.5 Å².